The first-order chi connectivity index (χ1) is 11.2. The van der Waals surface area contributed by atoms with E-state index in [0.29, 0.717) is 5.56 Å². The second-order valence-electron chi connectivity index (χ2n) is 5.76. The predicted octanol–water partition coefficient (Wildman–Crippen LogP) is 1.96. The summed E-state index contributed by atoms with van der Waals surface area (Å²) in [5.74, 6) is -0.0412. The van der Waals surface area contributed by atoms with Crippen LogP contribution in [0.1, 0.15) is 32.5 Å². The summed E-state index contributed by atoms with van der Waals surface area (Å²) in [6, 6.07) is 8.20. The summed E-state index contributed by atoms with van der Waals surface area (Å²) in [5, 5.41) is 6.16. The second-order valence-corrected chi connectivity index (χ2v) is 6.70. The van der Waals surface area contributed by atoms with Crippen molar-refractivity contribution in [2.75, 3.05) is 26.7 Å². The third kappa shape index (κ3) is 3.60. The maximum Gasteiger partial charge on any atom is 0.251 e. The lowest BCUT2D eigenvalue weighted by atomic mass is 10.0. The van der Waals surface area contributed by atoms with Gasteiger partial charge in [0.25, 0.3) is 5.91 Å². The van der Waals surface area contributed by atoms with Gasteiger partial charge < -0.3 is 10.6 Å². The van der Waals surface area contributed by atoms with Crippen LogP contribution in [-0.4, -0.2) is 42.5 Å². The Morgan fingerprint density at radius 1 is 1.52 bits per heavy atom. The molecule has 0 radical (unpaired) electrons. The largest absolute Gasteiger partial charge is 0.355 e. The number of nitrogens with one attached hydrogen (secondary N) is 2. The van der Waals surface area contributed by atoms with Crippen LogP contribution in [0.25, 0.3) is 0 Å². The highest BCUT2D eigenvalue weighted by Gasteiger charge is 2.25. The molecule has 1 atom stereocenters. The van der Waals surface area contributed by atoms with Gasteiger partial charge in [0.1, 0.15) is 0 Å². The van der Waals surface area contributed by atoms with Gasteiger partial charge in [-0.1, -0.05) is 12.1 Å². The number of piperazine rings is 1. The molecule has 1 aliphatic heterocycles. The SMILES string of the molecule is CNC(=O)c1cccc(C2CNCCN2Cc2scnc2C)c1. The van der Waals surface area contributed by atoms with E-state index in [1.165, 1.54) is 10.4 Å². The maximum absolute atomic E-state index is 11.9. The summed E-state index contributed by atoms with van der Waals surface area (Å²) in [5.41, 5.74) is 4.92. The van der Waals surface area contributed by atoms with Gasteiger partial charge in [0, 0.05) is 49.7 Å². The number of thiazole rings is 1. The Labute approximate surface area is 140 Å². The summed E-state index contributed by atoms with van der Waals surface area (Å²) >= 11 is 1.71. The Bertz CT molecular complexity index is 685. The van der Waals surface area contributed by atoms with Crippen molar-refractivity contribution in [1.82, 2.24) is 20.5 Å². The minimum atomic E-state index is -0.0412. The molecule has 3 rings (SSSR count). The molecule has 2 aromatic rings. The second kappa shape index (κ2) is 7.21. The number of aromatic nitrogens is 1. The van der Waals surface area contributed by atoms with E-state index in [4.69, 9.17) is 0 Å². The number of benzene rings is 1. The fourth-order valence-electron chi connectivity index (χ4n) is 2.96. The molecular formula is C17H22N4OS. The Morgan fingerprint density at radius 2 is 2.39 bits per heavy atom. The fourth-order valence-corrected chi connectivity index (χ4v) is 3.76. The average molecular weight is 330 g/mol. The summed E-state index contributed by atoms with van der Waals surface area (Å²) in [6.07, 6.45) is 0. The van der Waals surface area contributed by atoms with Gasteiger partial charge in [0.05, 0.1) is 11.2 Å². The van der Waals surface area contributed by atoms with Crippen LogP contribution in [0.15, 0.2) is 29.8 Å². The summed E-state index contributed by atoms with van der Waals surface area (Å²) < 4.78 is 0. The third-order valence-corrected chi connectivity index (χ3v) is 5.23. The molecule has 1 aliphatic rings. The van der Waals surface area contributed by atoms with Gasteiger partial charge in [-0.25, -0.2) is 4.98 Å². The first-order valence-electron chi connectivity index (χ1n) is 7.85. The van der Waals surface area contributed by atoms with Crippen molar-refractivity contribution >= 4 is 17.2 Å². The number of hydrogen-bond donors (Lipinski definition) is 2. The number of hydrogen-bond acceptors (Lipinski definition) is 5. The van der Waals surface area contributed by atoms with Gasteiger partial charge in [-0.2, -0.15) is 0 Å². The van der Waals surface area contributed by atoms with E-state index in [9.17, 15) is 4.79 Å². The van der Waals surface area contributed by atoms with Crippen LogP contribution in [0.2, 0.25) is 0 Å². The van der Waals surface area contributed by atoms with Crippen molar-refractivity contribution < 1.29 is 4.79 Å². The molecule has 0 aliphatic carbocycles. The third-order valence-electron chi connectivity index (χ3n) is 4.31. The lowest BCUT2D eigenvalue weighted by Gasteiger charge is -2.36. The molecule has 1 amide bonds. The van der Waals surface area contributed by atoms with Gasteiger partial charge in [0.15, 0.2) is 0 Å². The molecule has 1 fully saturated rings. The zero-order valence-corrected chi connectivity index (χ0v) is 14.3. The highest BCUT2D eigenvalue weighted by atomic mass is 32.1. The predicted molar refractivity (Wildman–Crippen MR) is 92.7 cm³/mol. The Balaban J connectivity index is 1.83. The van der Waals surface area contributed by atoms with E-state index in [0.717, 1.165) is 31.9 Å². The molecule has 0 bridgehead atoms. The molecule has 1 aromatic carbocycles. The van der Waals surface area contributed by atoms with Crippen molar-refractivity contribution in [3.63, 3.8) is 0 Å². The molecule has 5 nitrogen and oxygen atoms in total. The van der Waals surface area contributed by atoms with Crippen molar-refractivity contribution in [2.24, 2.45) is 0 Å². The van der Waals surface area contributed by atoms with Crippen molar-refractivity contribution in [1.29, 1.82) is 0 Å². The number of rotatable bonds is 4. The van der Waals surface area contributed by atoms with E-state index in [-0.39, 0.29) is 11.9 Å². The van der Waals surface area contributed by atoms with Crippen LogP contribution in [-0.2, 0) is 6.54 Å². The molecule has 2 N–H and O–H groups in total. The monoisotopic (exact) mass is 330 g/mol. The lowest BCUT2D eigenvalue weighted by molar-refractivity contribution is 0.0962. The van der Waals surface area contributed by atoms with Crippen LogP contribution in [0, 0.1) is 6.92 Å². The van der Waals surface area contributed by atoms with Crippen molar-refractivity contribution in [2.45, 2.75) is 19.5 Å². The Hall–Kier alpha value is -1.76. The number of carbonyl (C=O) groups excluding carboxylic acids is 1. The zero-order valence-electron chi connectivity index (χ0n) is 13.5. The highest BCUT2D eigenvalue weighted by Crippen LogP contribution is 2.26. The van der Waals surface area contributed by atoms with Gasteiger partial charge in [-0.15, -0.1) is 11.3 Å². The lowest BCUT2D eigenvalue weighted by Crippen LogP contribution is -2.45. The molecule has 2 heterocycles. The number of amides is 1. The molecule has 0 spiro atoms. The van der Waals surface area contributed by atoms with Gasteiger partial charge in [-0.3, -0.25) is 9.69 Å². The molecule has 0 saturated carbocycles. The molecule has 122 valence electrons. The van der Waals surface area contributed by atoms with Crippen LogP contribution in [0.3, 0.4) is 0 Å². The molecule has 1 saturated heterocycles. The maximum atomic E-state index is 11.9. The van der Waals surface area contributed by atoms with E-state index >= 15 is 0 Å². The average Bonchev–Trinajstić information content (AvgIpc) is 2.99. The topological polar surface area (TPSA) is 57.3 Å². The Morgan fingerprint density at radius 3 is 3.13 bits per heavy atom. The molecular weight excluding hydrogens is 308 g/mol. The smallest absolute Gasteiger partial charge is 0.251 e. The van der Waals surface area contributed by atoms with Gasteiger partial charge in [-0.05, 0) is 24.6 Å². The first-order valence-corrected chi connectivity index (χ1v) is 8.73. The number of nitrogens with zero attached hydrogens (tertiary/aromatic N) is 2. The van der Waals surface area contributed by atoms with E-state index in [1.54, 1.807) is 18.4 Å². The zero-order chi connectivity index (χ0) is 16.2. The minimum absolute atomic E-state index is 0.0412. The molecule has 1 unspecified atom stereocenters. The number of aryl methyl sites for hydroxylation is 1. The van der Waals surface area contributed by atoms with E-state index in [1.807, 2.05) is 23.7 Å². The Kier molecular flexibility index (Phi) is 5.05. The summed E-state index contributed by atoms with van der Waals surface area (Å²) in [7, 11) is 1.66. The van der Waals surface area contributed by atoms with E-state index < -0.39 is 0 Å². The highest BCUT2D eigenvalue weighted by molar-refractivity contribution is 7.09. The van der Waals surface area contributed by atoms with Crippen molar-refractivity contribution in [3.8, 4) is 0 Å². The fraction of sp³-hybridized carbons (Fsp3) is 0.412. The standard InChI is InChI=1S/C17H22N4OS/c1-12-16(23-11-20-12)10-21-7-6-19-9-15(21)13-4-3-5-14(8-13)17(22)18-2/h3-5,8,11,15,19H,6-7,9-10H2,1-2H3,(H,18,22). The van der Waals surface area contributed by atoms with Crippen molar-refractivity contribution in [3.05, 3.63) is 51.5 Å². The molecule has 23 heavy (non-hydrogen) atoms. The summed E-state index contributed by atoms with van der Waals surface area (Å²) in [6.45, 7) is 5.85. The molecule has 6 heteroatoms. The van der Waals surface area contributed by atoms with Gasteiger partial charge in [0.2, 0.25) is 0 Å². The van der Waals surface area contributed by atoms with Crippen LogP contribution in [0.5, 0.6) is 0 Å². The van der Waals surface area contributed by atoms with E-state index in [2.05, 4.69) is 33.5 Å². The van der Waals surface area contributed by atoms with Gasteiger partial charge >= 0.3 is 0 Å². The van der Waals surface area contributed by atoms with Crippen LogP contribution in [0.4, 0.5) is 0 Å². The molecule has 1 aromatic heterocycles. The first kappa shape index (κ1) is 16.1. The quantitative estimate of drug-likeness (QED) is 0.900. The summed E-state index contributed by atoms with van der Waals surface area (Å²) in [4.78, 5) is 20.0. The number of carbonyl (C=O) groups is 1. The van der Waals surface area contributed by atoms with Crippen LogP contribution < -0.4 is 10.6 Å². The minimum Gasteiger partial charge on any atom is -0.355 e. The normalized spacial score (nSPS) is 18.8. The van der Waals surface area contributed by atoms with Crippen LogP contribution >= 0.6 is 11.3 Å².